The zero-order chi connectivity index (χ0) is 16.6. The zero-order valence-corrected chi connectivity index (χ0v) is 13.4. The van der Waals surface area contributed by atoms with E-state index in [4.69, 9.17) is 4.74 Å². The Hall–Kier alpha value is -2.67. The Morgan fingerprint density at radius 3 is 2.57 bits per heavy atom. The van der Waals surface area contributed by atoms with Gasteiger partial charge in [-0.15, -0.1) is 11.3 Å². The molecule has 0 bridgehead atoms. The van der Waals surface area contributed by atoms with Gasteiger partial charge in [-0.3, -0.25) is 13.8 Å². The molecule has 0 N–H and O–H groups in total. The van der Waals surface area contributed by atoms with Crippen LogP contribution in [0, 0.1) is 6.92 Å². The van der Waals surface area contributed by atoms with Gasteiger partial charge in [0.1, 0.15) is 9.71 Å². The predicted octanol–water partition coefficient (Wildman–Crippen LogP) is 1.67. The van der Waals surface area contributed by atoms with Gasteiger partial charge in [0, 0.05) is 6.07 Å². The Morgan fingerprint density at radius 2 is 1.91 bits per heavy atom. The fraction of sp³-hybridized carbons (Fsp3) is 0.188. The Bertz CT molecular complexity index is 999. The van der Waals surface area contributed by atoms with Crippen molar-refractivity contribution in [1.82, 2.24) is 8.97 Å². The normalized spacial score (nSPS) is 10.9. The summed E-state index contributed by atoms with van der Waals surface area (Å²) < 4.78 is 7.25. The van der Waals surface area contributed by atoms with E-state index in [-0.39, 0.29) is 6.54 Å². The van der Waals surface area contributed by atoms with E-state index < -0.39 is 17.2 Å². The van der Waals surface area contributed by atoms with E-state index in [9.17, 15) is 14.4 Å². The lowest BCUT2D eigenvalue weighted by atomic mass is 10.2. The monoisotopic (exact) mass is 330 g/mol. The lowest BCUT2D eigenvalue weighted by Crippen LogP contribution is -2.37. The molecule has 2 aromatic heterocycles. The quantitative estimate of drug-likeness (QED) is 0.685. The third-order valence-corrected chi connectivity index (χ3v) is 4.76. The first-order valence-corrected chi connectivity index (χ1v) is 7.73. The second-order valence-electron chi connectivity index (χ2n) is 5.02. The molecule has 0 aliphatic rings. The lowest BCUT2D eigenvalue weighted by Gasteiger charge is -2.06. The minimum absolute atomic E-state index is 0.185. The van der Waals surface area contributed by atoms with E-state index in [1.165, 1.54) is 17.6 Å². The highest BCUT2D eigenvalue weighted by Gasteiger charge is 2.19. The molecule has 1 aromatic carbocycles. The highest BCUT2D eigenvalue weighted by molar-refractivity contribution is 7.19. The van der Waals surface area contributed by atoms with Crippen LogP contribution < -0.4 is 11.2 Å². The highest BCUT2D eigenvalue weighted by atomic mass is 32.1. The molecule has 0 radical (unpaired) electrons. The summed E-state index contributed by atoms with van der Waals surface area (Å²) in [6.45, 7) is 1.85. The minimum Gasteiger partial charge on any atom is -0.465 e. The number of benzene rings is 1. The Kier molecular flexibility index (Phi) is 3.87. The molecule has 0 atom stereocenters. The molecule has 0 amide bonds. The van der Waals surface area contributed by atoms with Crippen molar-refractivity contribution in [3.05, 3.63) is 73.4 Å². The van der Waals surface area contributed by atoms with Crippen molar-refractivity contribution in [2.24, 2.45) is 0 Å². The molecule has 0 aliphatic heterocycles. The summed E-state index contributed by atoms with van der Waals surface area (Å²) in [6, 6.07) is 10.6. The smallest absolute Gasteiger partial charge is 0.349 e. The van der Waals surface area contributed by atoms with E-state index in [1.54, 1.807) is 6.92 Å². The summed E-state index contributed by atoms with van der Waals surface area (Å²) in [5.41, 5.74) is 0.480. The summed E-state index contributed by atoms with van der Waals surface area (Å²) in [6.07, 6.45) is 0. The van der Waals surface area contributed by atoms with Crippen molar-refractivity contribution in [1.29, 1.82) is 0 Å². The van der Waals surface area contributed by atoms with E-state index in [1.807, 2.05) is 30.3 Å². The second-order valence-corrected chi connectivity index (χ2v) is 6.05. The third-order valence-electron chi connectivity index (χ3n) is 3.58. The molecule has 6 nitrogen and oxygen atoms in total. The standard InChI is InChI=1S/C16H14N2O4S/c1-10-14(15(20)22-2)23-13-8-12(19)17(16(21)18(10)13)9-11-6-4-3-5-7-11/h3-8H,9H2,1-2H3. The van der Waals surface area contributed by atoms with Crippen LogP contribution in [0.2, 0.25) is 0 Å². The maximum Gasteiger partial charge on any atom is 0.349 e. The number of aryl methyl sites for hydroxylation is 1. The van der Waals surface area contributed by atoms with Crippen LogP contribution >= 0.6 is 11.3 Å². The van der Waals surface area contributed by atoms with Crippen molar-refractivity contribution in [3.8, 4) is 0 Å². The molecule has 0 saturated heterocycles. The fourth-order valence-electron chi connectivity index (χ4n) is 2.41. The first-order valence-electron chi connectivity index (χ1n) is 6.91. The summed E-state index contributed by atoms with van der Waals surface area (Å²) in [5.74, 6) is -0.516. The molecule has 0 saturated carbocycles. The topological polar surface area (TPSA) is 69.8 Å². The van der Waals surface area contributed by atoms with Crippen LogP contribution in [-0.2, 0) is 11.3 Å². The molecule has 3 aromatic rings. The Balaban J connectivity index is 2.21. The van der Waals surface area contributed by atoms with Gasteiger partial charge in [0.05, 0.1) is 19.3 Å². The van der Waals surface area contributed by atoms with Gasteiger partial charge in [-0.25, -0.2) is 9.59 Å². The molecule has 0 unspecified atom stereocenters. The SMILES string of the molecule is COC(=O)c1sc2cc(=O)n(Cc3ccccc3)c(=O)n2c1C. The van der Waals surface area contributed by atoms with Gasteiger partial charge in [-0.1, -0.05) is 30.3 Å². The number of nitrogens with zero attached hydrogens (tertiary/aromatic N) is 2. The largest absolute Gasteiger partial charge is 0.465 e. The number of aromatic nitrogens is 2. The van der Waals surface area contributed by atoms with Crippen molar-refractivity contribution < 1.29 is 9.53 Å². The van der Waals surface area contributed by atoms with Crippen molar-refractivity contribution in [2.45, 2.75) is 13.5 Å². The molecule has 0 aliphatic carbocycles. The van der Waals surface area contributed by atoms with E-state index in [0.29, 0.717) is 15.4 Å². The van der Waals surface area contributed by atoms with Gasteiger partial charge in [0.2, 0.25) is 0 Å². The third kappa shape index (κ3) is 2.59. The van der Waals surface area contributed by atoms with Gasteiger partial charge in [0.25, 0.3) is 5.56 Å². The van der Waals surface area contributed by atoms with Gasteiger partial charge in [-0.2, -0.15) is 0 Å². The lowest BCUT2D eigenvalue weighted by molar-refractivity contribution is 0.0605. The number of esters is 1. The van der Waals surface area contributed by atoms with Crippen molar-refractivity contribution >= 4 is 22.1 Å². The first-order chi connectivity index (χ1) is 11.0. The zero-order valence-electron chi connectivity index (χ0n) is 12.6. The molecular weight excluding hydrogens is 316 g/mol. The highest BCUT2D eigenvalue weighted by Crippen LogP contribution is 2.21. The molecule has 3 rings (SSSR count). The number of rotatable bonds is 3. The van der Waals surface area contributed by atoms with Crippen LogP contribution in [0.5, 0.6) is 0 Å². The van der Waals surface area contributed by atoms with Crippen LogP contribution in [0.25, 0.3) is 4.83 Å². The number of ether oxygens (including phenoxy) is 1. The number of fused-ring (bicyclic) bond motifs is 1. The minimum atomic E-state index is -0.516. The predicted molar refractivity (Wildman–Crippen MR) is 87.4 cm³/mol. The average molecular weight is 330 g/mol. The number of hydrogen-bond donors (Lipinski definition) is 0. The van der Waals surface area contributed by atoms with Gasteiger partial charge in [-0.05, 0) is 12.5 Å². The molecule has 118 valence electrons. The first kappa shape index (κ1) is 15.2. The average Bonchev–Trinajstić information content (AvgIpc) is 2.88. The maximum absolute atomic E-state index is 12.7. The molecule has 7 heteroatoms. The van der Waals surface area contributed by atoms with Gasteiger partial charge >= 0.3 is 11.7 Å². The summed E-state index contributed by atoms with van der Waals surface area (Å²) in [5, 5.41) is 0. The fourth-order valence-corrected chi connectivity index (χ4v) is 3.50. The number of hydrogen-bond acceptors (Lipinski definition) is 5. The maximum atomic E-state index is 12.7. The molecule has 0 fully saturated rings. The van der Waals surface area contributed by atoms with Gasteiger partial charge in [0.15, 0.2) is 0 Å². The van der Waals surface area contributed by atoms with Crippen LogP contribution in [0.3, 0.4) is 0 Å². The number of carbonyl (C=O) groups is 1. The van der Waals surface area contributed by atoms with Crippen LogP contribution in [0.15, 0.2) is 46.0 Å². The van der Waals surface area contributed by atoms with E-state index in [0.717, 1.165) is 21.5 Å². The number of carbonyl (C=O) groups excluding carboxylic acids is 1. The van der Waals surface area contributed by atoms with Crippen LogP contribution in [-0.4, -0.2) is 22.0 Å². The van der Waals surface area contributed by atoms with E-state index in [2.05, 4.69) is 0 Å². The second kappa shape index (κ2) is 5.85. The number of thiazole rings is 1. The van der Waals surface area contributed by atoms with Crippen LogP contribution in [0.4, 0.5) is 0 Å². The van der Waals surface area contributed by atoms with Crippen molar-refractivity contribution in [3.63, 3.8) is 0 Å². The summed E-state index contributed by atoms with van der Waals surface area (Å²) >= 11 is 1.08. The molecule has 23 heavy (non-hydrogen) atoms. The number of methoxy groups -OCH3 is 1. The summed E-state index contributed by atoms with van der Waals surface area (Å²) in [7, 11) is 1.28. The van der Waals surface area contributed by atoms with Gasteiger partial charge < -0.3 is 4.74 Å². The molecule has 0 spiro atoms. The van der Waals surface area contributed by atoms with Crippen LogP contribution in [0.1, 0.15) is 20.9 Å². The Morgan fingerprint density at radius 1 is 1.22 bits per heavy atom. The summed E-state index contributed by atoms with van der Waals surface area (Å²) in [4.78, 5) is 37.5. The van der Waals surface area contributed by atoms with E-state index >= 15 is 0 Å². The van der Waals surface area contributed by atoms with Crippen molar-refractivity contribution in [2.75, 3.05) is 7.11 Å². The Labute approximate surface area is 135 Å². The molecular formula is C16H14N2O4S. The molecule has 2 heterocycles.